The minimum Gasteiger partial charge on any atom is -0.385 e. The van der Waals surface area contributed by atoms with Crippen molar-refractivity contribution < 1.29 is 9.47 Å². The minimum absolute atomic E-state index is 0.499. The van der Waals surface area contributed by atoms with Gasteiger partial charge in [0.25, 0.3) is 0 Å². The smallest absolute Gasteiger partial charge is 0.0731 e. The zero-order chi connectivity index (χ0) is 13.5. The maximum absolute atomic E-state index is 5.94. The number of morpholine rings is 1. The first-order chi connectivity index (χ1) is 9.33. The van der Waals surface area contributed by atoms with Gasteiger partial charge >= 0.3 is 0 Å². The van der Waals surface area contributed by atoms with Crippen LogP contribution in [0.2, 0.25) is 0 Å². The van der Waals surface area contributed by atoms with Gasteiger partial charge in [-0.2, -0.15) is 0 Å². The number of nitrogens with zero attached hydrogens (tertiary/aromatic N) is 1. The molecule has 1 saturated carbocycles. The van der Waals surface area contributed by atoms with E-state index in [4.69, 9.17) is 9.47 Å². The highest BCUT2D eigenvalue weighted by atomic mass is 16.5. The van der Waals surface area contributed by atoms with Crippen molar-refractivity contribution in [3.63, 3.8) is 0 Å². The van der Waals surface area contributed by atoms with Crippen molar-refractivity contribution in [2.45, 2.75) is 57.2 Å². The average molecular weight is 270 g/mol. The molecule has 0 bridgehead atoms. The summed E-state index contributed by atoms with van der Waals surface area (Å²) in [5.41, 5.74) is 0. The predicted octanol–water partition coefficient (Wildman–Crippen LogP) is 1.64. The standard InChI is InChI=1S/C15H30N2O2/c1-13(12-16-8-5-10-18-2)17-9-11-19-15-7-4-3-6-14(15)17/h13-16H,3-12H2,1-2H3. The van der Waals surface area contributed by atoms with Gasteiger partial charge in [0.15, 0.2) is 0 Å². The van der Waals surface area contributed by atoms with E-state index in [1.54, 1.807) is 7.11 Å². The van der Waals surface area contributed by atoms with E-state index in [0.29, 0.717) is 18.2 Å². The molecule has 3 unspecified atom stereocenters. The zero-order valence-corrected chi connectivity index (χ0v) is 12.6. The van der Waals surface area contributed by atoms with E-state index >= 15 is 0 Å². The highest BCUT2D eigenvalue weighted by Gasteiger charge is 2.35. The van der Waals surface area contributed by atoms with Gasteiger partial charge < -0.3 is 14.8 Å². The van der Waals surface area contributed by atoms with Gasteiger partial charge in [0.1, 0.15) is 0 Å². The first kappa shape index (κ1) is 15.2. The van der Waals surface area contributed by atoms with E-state index in [2.05, 4.69) is 17.1 Å². The Hall–Kier alpha value is -0.160. The summed E-state index contributed by atoms with van der Waals surface area (Å²) in [4.78, 5) is 2.68. The summed E-state index contributed by atoms with van der Waals surface area (Å²) in [5.74, 6) is 0. The van der Waals surface area contributed by atoms with Gasteiger partial charge in [-0.15, -0.1) is 0 Å². The normalized spacial score (nSPS) is 30.0. The second-order valence-electron chi connectivity index (χ2n) is 5.90. The van der Waals surface area contributed by atoms with E-state index < -0.39 is 0 Å². The molecular formula is C15H30N2O2. The number of hydrogen-bond donors (Lipinski definition) is 1. The first-order valence-corrected chi connectivity index (χ1v) is 7.90. The van der Waals surface area contributed by atoms with E-state index in [-0.39, 0.29) is 0 Å². The third-order valence-electron chi connectivity index (χ3n) is 4.48. The molecule has 2 fully saturated rings. The van der Waals surface area contributed by atoms with Gasteiger partial charge in [0, 0.05) is 38.9 Å². The Kier molecular flexibility index (Phi) is 6.57. The van der Waals surface area contributed by atoms with Gasteiger partial charge in [-0.3, -0.25) is 4.90 Å². The molecule has 3 atom stereocenters. The molecule has 1 saturated heterocycles. The molecule has 112 valence electrons. The molecular weight excluding hydrogens is 240 g/mol. The zero-order valence-electron chi connectivity index (χ0n) is 12.6. The second kappa shape index (κ2) is 8.20. The van der Waals surface area contributed by atoms with Crippen molar-refractivity contribution in [3.8, 4) is 0 Å². The number of rotatable bonds is 7. The Morgan fingerprint density at radius 3 is 3.05 bits per heavy atom. The second-order valence-corrected chi connectivity index (χ2v) is 5.90. The van der Waals surface area contributed by atoms with E-state index in [0.717, 1.165) is 39.3 Å². The fourth-order valence-electron chi connectivity index (χ4n) is 3.44. The molecule has 0 aromatic rings. The maximum Gasteiger partial charge on any atom is 0.0731 e. The van der Waals surface area contributed by atoms with Gasteiger partial charge in [0.05, 0.1) is 12.7 Å². The highest BCUT2D eigenvalue weighted by molar-refractivity contribution is 4.90. The summed E-state index contributed by atoms with van der Waals surface area (Å²) in [6.45, 7) is 7.34. The lowest BCUT2D eigenvalue weighted by atomic mass is 9.89. The Balaban J connectivity index is 1.72. The van der Waals surface area contributed by atoms with Crippen LogP contribution < -0.4 is 5.32 Å². The Morgan fingerprint density at radius 2 is 2.21 bits per heavy atom. The largest absolute Gasteiger partial charge is 0.385 e. The van der Waals surface area contributed by atoms with Crippen LogP contribution in [-0.4, -0.2) is 63.0 Å². The molecule has 0 spiro atoms. The molecule has 2 rings (SSSR count). The topological polar surface area (TPSA) is 33.7 Å². The molecule has 1 N–H and O–H groups in total. The lowest BCUT2D eigenvalue weighted by Crippen LogP contribution is -2.57. The fourth-order valence-corrected chi connectivity index (χ4v) is 3.44. The van der Waals surface area contributed by atoms with Crippen LogP contribution in [0.4, 0.5) is 0 Å². The van der Waals surface area contributed by atoms with Crippen LogP contribution in [0.25, 0.3) is 0 Å². The molecule has 1 aliphatic heterocycles. The van der Waals surface area contributed by atoms with E-state index in [9.17, 15) is 0 Å². The predicted molar refractivity (Wildman–Crippen MR) is 77.5 cm³/mol. The molecule has 2 aliphatic rings. The molecule has 0 aromatic carbocycles. The quantitative estimate of drug-likeness (QED) is 0.713. The molecule has 1 aliphatic carbocycles. The van der Waals surface area contributed by atoms with Crippen molar-refractivity contribution in [1.29, 1.82) is 0 Å². The number of hydrogen-bond acceptors (Lipinski definition) is 4. The first-order valence-electron chi connectivity index (χ1n) is 7.90. The Bertz CT molecular complexity index is 248. The van der Waals surface area contributed by atoms with E-state index in [1.165, 1.54) is 25.7 Å². The van der Waals surface area contributed by atoms with Gasteiger partial charge in [-0.05, 0) is 32.7 Å². The molecule has 19 heavy (non-hydrogen) atoms. The highest BCUT2D eigenvalue weighted by Crippen LogP contribution is 2.29. The van der Waals surface area contributed by atoms with Crippen LogP contribution in [-0.2, 0) is 9.47 Å². The molecule has 0 amide bonds. The van der Waals surface area contributed by atoms with Crippen molar-refractivity contribution in [2.75, 3.05) is 40.0 Å². The minimum atomic E-state index is 0.499. The lowest BCUT2D eigenvalue weighted by molar-refractivity contribution is -0.0997. The Labute approximate surface area is 117 Å². The maximum atomic E-state index is 5.94. The molecule has 4 nitrogen and oxygen atoms in total. The summed E-state index contributed by atoms with van der Waals surface area (Å²) in [6.07, 6.45) is 6.89. The third-order valence-corrected chi connectivity index (χ3v) is 4.48. The monoisotopic (exact) mass is 270 g/mol. The molecule has 1 heterocycles. The third kappa shape index (κ3) is 4.42. The van der Waals surface area contributed by atoms with E-state index in [1.807, 2.05) is 0 Å². The van der Waals surface area contributed by atoms with Crippen molar-refractivity contribution in [2.24, 2.45) is 0 Å². The van der Waals surface area contributed by atoms with Gasteiger partial charge in [-0.25, -0.2) is 0 Å². The van der Waals surface area contributed by atoms with Crippen molar-refractivity contribution in [1.82, 2.24) is 10.2 Å². The lowest BCUT2D eigenvalue weighted by Gasteiger charge is -2.46. The summed E-state index contributed by atoms with van der Waals surface area (Å²) in [5, 5.41) is 3.55. The van der Waals surface area contributed by atoms with Crippen LogP contribution in [0, 0.1) is 0 Å². The molecule has 4 heteroatoms. The SMILES string of the molecule is COCCCNCC(C)N1CCOC2CCCCC21. The van der Waals surface area contributed by atoms with Crippen molar-refractivity contribution in [3.05, 3.63) is 0 Å². The van der Waals surface area contributed by atoms with Crippen molar-refractivity contribution >= 4 is 0 Å². The van der Waals surface area contributed by atoms with Crippen LogP contribution >= 0.6 is 0 Å². The summed E-state index contributed by atoms with van der Waals surface area (Å²) in [7, 11) is 1.76. The number of nitrogens with one attached hydrogen (secondary N) is 1. The van der Waals surface area contributed by atoms with Crippen LogP contribution in [0.3, 0.4) is 0 Å². The summed E-state index contributed by atoms with van der Waals surface area (Å²) in [6, 6.07) is 1.27. The van der Waals surface area contributed by atoms with Gasteiger partial charge in [0.2, 0.25) is 0 Å². The number of ether oxygens (including phenoxy) is 2. The van der Waals surface area contributed by atoms with Crippen LogP contribution in [0.15, 0.2) is 0 Å². The van der Waals surface area contributed by atoms with Gasteiger partial charge in [-0.1, -0.05) is 12.8 Å². The summed E-state index contributed by atoms with van der Waals surface area (Å²) < 4.78 is 11.0. The van der Waals surface area contributed by atoms with Crippen LogP contribution in [0.1, 0.15) is 39.0 Å². The molecule has 0 radical (unpaired) electrons. The van der Waals surface area contributed by atoms with Crippen LogP contribution in [0.5, 0.6) is 0 Å². The summed E-state index contributed by atoms with van der Waals surface area (Å²) >= 11 is 0. The fraction of sp³-hybridized carbons (Fsp3) is 1.00. The number of fused-ring (bicyclic) bond motifs is 1. The number of methoxy groups -OCH3 is 1. The molecule has 0 aromatic heterocycles. The Morgan fingerprint density at radius 1 is 1.37 bits per heavy atom. The average Bonchev–Trinajstić information content (AvgIpc) is 2.46.